The van der Waals surface area contributed by atoms with Crippen LogP contribution in [0.3, 0.4) is 0 Å². The summed E-state index contributed by atoms with van der Waals surface area (Å²) < 4.78 is 5.11. The van der Waals surface area contributed by atoms with Gasteiger partial charge in [-0.25, -0.2) is 4.98 Å². The topological polar surface area (TPSA) is 59.4 Å². The van der Waals surface area contributed by atoms with E-state index in [-0.39, 0.29) is 6.61 Å². The molecular weight excluding hydrogens is 230 g/mol. The Hall–Kier alpha value is -2.38. The summed E-state index contributed by atoms with van der Waals surface area (Å²) in [6.45, 7) is -0.263. The van der Waals surface area contributed by atoms with Gasteiger partial charge in [0.05, 0.1) is 12.6 Å². The molecule has 18 heavy (non-hydrogen) atoms. The molecule has 0 fully saturated rings. The molecule has 4 nitrogen and oxygen atoms in total. The van der Waals surface area contributed by atoms with E-state index in [1.807, 2.05) is 0 Å². The average Bonchev–Trinajstić information content (AvgIpc) is 2.43. The fraction of sp³-hybridized carbons (Fsp3) is 0.143. The van der Waals surface area contributed by atoms with Gasteiger partial charge in [0.25, 0.3) is 0 Å². The van der Waals surface area contributed by atoms with Crippen LogP contribution in [0.2, 0.25) is 0 Å². The lowest BCUT2D eigenvalue weighted by molar-refractivity contribution is 0.112. The van der Waals surface area contributed by atoms with Crippen LogP contribution in [0.15, 0.2) is 24.3 Å². The van der Waals surface area contributed by atoms with E-state index < -0.39 is 0 Å². The zero-order valence-corrected chi connectivity index (χ0v) is 9.80. The summed E-state index contributed by atoms with van der Waals surface area (Å²) in [4.78, 5) is 15.3. The number of benzene rings is 1. The van der Waals surface area contributed by atoms with Gasteiger partial charge < -0.3 is 9.84 Å². The maximum atomic E-state index is 11.0. The standard InChI is InChI=1S/C14H11NO3/c1-18-12-4-5-14-10(8-12)7-11(9-17)13(15-14)3-2-6-16/h4-5,7-9,16H,6H2,1H3. The number of fused-ring (bicyclic) bond motifs is 1. The molecular formula is C14H11NO3. The number of aliphatic hydroxyl groups is 1. The number of aliphatic hydroxyl groups excluding tert-OH is 1. The minimum absolute atomic E-state index is 0.263. The minimum atomic E-state index is -0.263. The molecule has 0 spiro atoms. The number of carbonyl (C=O) groups excluding carboxylic acids is 1. The number of methoxy groups -OCH3 is 1. The molecule has 0 aliphatic carbocycles. The van der Waals surface area contributed by atoms with Crippen molar-refractivity contribution in [1.29, 1.82) is 0 Å². The third-order valence-electron chi connectivity index (χ3n) is 2.46. The Balaban J connectivity index is 2.64. The van der Waals surface area contributed by atoms with E-state index in [4.69, 9.17) is 9.84 Å². The molecule has 0 bridgehead atoms. The summed E-state index contributed by atoms with van der Waals surface area (Å²) in [5.41, 5.74) is 1.50. The Labute approximate surface area is 104 Å². The first-order valence-corrected chi connectivity index (χ1v) is 5.32. The van der Waals surface area contributed by atoms with Crippen molar-refractivity contribution in [1.82, 2.24) is 4.98 Å². The molecule has 90 valence electrons. The Morgan fingerprint density at radius 3 is 2.94 bits per heavy atom. The number of carbonyl (C=O) groups is 1. The van der Waals surface area contributed by atoms with Gasteiger partial charge in [-0.3, -0.25) is 4.79 Å². The van der Waals surface area contributed by atoms with Crippen LogP contribution >= 0.6 is 0 Å². The van der Waals surface area contributed by atoms with E-state index in [9.17, 15) is 4.79 Å². The zero-order chi connectivity index (χ0) is 13.0. The Morgan fingerprint density at radius 2 is 2.28 bits per heavy atom. The molecule has 0 aliphatic heterocycles. The highest BCUT2D eigenvalue weighted by Crippen LogP contribution is 2.21. The van der Waals surface area contributed by atoms with Gasteiger partial charge >= 0.3 is 0 Å². The molecule has 2 aromatic rings. The van der Waals surface area contributed by atoms with E-state index in [2.05, 4.69) is 16.8 Å². The summed E-state index contributed by atoms with van der Waals surface area (Å²) in [5.74, 6) is 5.85. The van der Waals surface area contributed by atoms with Crippen molar-refractivity contribution in [2.75, 3.05) is 13.7 Å². The second kappa shape index (κ2) is 5.30. The van der Waals surface area contributed by atoms with Gasteiger partial charge in [0.15, 0.2) is 6.29 Å². The maximum Gasteiger partial charge on any atom is 0.152 e. The van der Waals surface area contributed by atoms with Crippen molar-refractivity contribution in [3.8, 4) is 17.6 Å². The fourth-order valence-corrected chi connectivity index (χ4v) is 1.61. The summed E-state index contributed by atoms with van der Waals surface area (Å²) in [5, 5.41) is 9.48. The molecule has 1 N–H and O–H groups in total. The lowest BCUT2D eigenvalue weighted by Crippen LogP contribution is -1.94. The van der Waals surface area contributed by atoms with E-state index in [1.54, 1.807) is 31.4 Å². The van der Waals surface area contributed by atoms with Crippen molar-refractivity contribution in [2.45, 2.75) is 0 Å². The van der Waals surface area contributed by atoms with E-state index in [0.29, 0.717) is 23.3 Å². The number of aldehydes is 1. The second-order valence-corrected chi connectivity index (χ2v) is 3.56. The summed E-state index contributed by atoms with van der Waals surface area (Å²) >= 11 is 0. The smallest absolute Gasteiger partial charge is 0.152 e. The molecule has 4 heteroatoms. The molecule has 0 aliphatic rings. The first-order chi connectivity index (χ1) is 8.78. The van der Waals surface area contributed by atoms with Crippen LogP contribution < -0.4 is 4.74 Å². The normalized spacial score (nSPS) is 9.67. The lowest BCUT2D eigenvalue weighted by Gasteiger charge is -2.04. The maximum absolute atomic E-state index is 11.0. The van der Waals surface area contributed by atoms with E-state index in [1.165, 1.54) is 0 Å². The van der Waals surface area contributed by atoms with Crippen molar-refractivity contribution in [2.24, 2.45) is 0 Å². The number of ether oxygens (including phenoxy) is 1. The highest BCUT2D eigenvalue weighted by molar-refractivity contribution is 5.89. The van der Waals surface area contributed by atoms with Crippen molar-refractivity contribution in [3.63, 3.8) is 0 Å². The zero-order valence-electron chi connectivity index (χ0n) is 9.80. The van der Waals surface area contributed by atoms with Gasteiger partial charge in [0.2, 0.25) is 0 Å². The van der Waals surface area contributed by atoms with Gasteiger partial charge in [-0.1, -0.05) is 5.92 Å². The molecule has 0 amide bonds. The third-order valence-corrected chi connectivity index (χ3v) is 2.46. The van der Waals surface area contributed by atoms with Crippen LogP contribution in [0.25, 0.3) is 10.9 Å². The largest absolute Gasteiger partial charge is 0.497 e. The number of aromatic nitrogens is 1. The highest BCUT2D eigenvalue weighted by atomic mass is 16.5. The molecule has 1 aromatic heterocycles. The summed E-state index contributed by atoms with van der Waals surface area (Å²) in [6, 6.07) is 7.10. The van der Waals surface area contributed by atoms with Crippen LogP contribution in [0.4, 0.5) is 0 Å². The molecule has 0 unspecified atom stereocenters. The lowest BCUT2D eigenvalue weighted by atomic mass is 10.1. The Kier molecular flexibility index (Phi) is 3.56. The minimum Gasteiger partial charge on any atom is -0.497 e. The van der Waals surface area contributed by atoms with Crippen LogP contribution in [-0.4, -0.2) is 30.1 Å². The van der Waals surface area contributed by atoms with Crippen LogP contribution in [0, 0.1) is 11.8 Å². The number of nitrogens with zero attached hydrogens (tertiary/aromatic N) is 1. The number of hydrogen-bond donors (Lipinski definition) is 1. The fourth-order valence-electron chi connectivity index (χ4n) is 1.61. The van der Waals surface area contributed by atoms with Crippen molar-refractivity contribution >= 4 is 17.2 Å². The van der Waals surface area contributed by atoms with Gasteiger partial charge in [-0.15, -0.1) is 0 Å². The first-order valence-electron chi connectivity index (χ1n) is 5.32. The quantitative estimate of drug-likeness (QED) is 0.637. The second-order valence-electron chi connectivity index (χ2n) is 3.56. The SMILES string of the molecule is COc1ccc2nc(C#CCO)c(C=O)cc2c1. The Bertz CT molecular complexity index is 653. The van der Waals surface area contributed by atoms with Crippen LogP contribution in [-0.2, 0) is 0 Å². The van der Waals surface area contributed by atoms with Gasteiger partial charge in [-0.05, 0) is 30.2 Å². The molecule has 1 heterocycles. The number of rotatable bonds is 2. The van der Waals surface area contributed by atoms with Gasteiger partial charge in [0.1, 0.15) is 18.1 Å². The Morgan fingerprint density at radius 1 is 1.44 bits per heavy atom. The van der Waals surface area contributed by atoms with Crippen molar-refractivity contribution in [3.05, 3.63) is 35.5 Å². The van der Waals surface area contributed by atoms with E-state index in [0.717, 1.165) is 10.9 Å². The van der Waals surface area contributed by atoms with Gasteiger partial charge in [-0.2, -0.15) is 0 Å². The number of hydrogen-bond acceptors (Lipinski definition) is 4. The molecule has 0 saturated carbocycles. The van der Waals surface area contributed by atoms with Crippen LogP contribution in [0.5, 0.6) is 5.75 Å². The summed E-state index contributed by atoms with van der Waals surface area (Å²) in [6.07, 6.45) is 0.702. The first kappa shape index (κ1) is 12.1. The van der Waals surface area contributed by atoms with Gasteiger partial charge in [0, 0.05) is 10.9 Å². The monoisotopic (exact) mass is 241 g/mol. The highest BCUT2D eigenvalue weighted by Gasteiger charge is 2.05. The molecule has 1 aromatic carbocycles. The molecule has 0 radical (unpaired) electrons. The molecule has 2 rings (SSSR count). The summed E-state index contributed by atoms with van der Waals surface area (Å²) in [7, 11) is 1.58. The predicted molar refractivity (Wildman–Crippen MR) is 67.6 cm³/mol. The average molecular weight is 241 g/mol. The molecule has 0 saturated heterocycles. The third kappa shape index (κ3) is 2.31. The number of pyridine rings is 1. The van der Waals surface area contributed by atoms with Crippen molar-refractivity contribution < 1.29 is 14.6 Å². The van der Waals surface area contributed by atoms with Crippen LogP contribution in [0.1, 0.15) is 16.1 Å². The predicted octanol–water partition coefficient (Wildman–Crippen LogP) is 1.40. The molecule has 0 atom stereocenters. The van der Waals surface area contributed by atoms with E-state index >= 15 is 0 Å².